The number of carbonyl (C=O) groups excluding carboxylic acids is 1. The summed E-state index contributed by atoms with van der Waals surface area (Å²) >= 11 is 7.54. The van der Waals surface area contributed by atoms with Crippen molar-refractivity contribution in [2.75, 3.05) is 0 Å². The minimum absolute atomic E-state index is 0.312. The minimum Gasteiger partial charge on any atom is -0.297 e. The average molecular weight is 544 g/mol. The van der Waals surface area contributed by atoms with Crippen molar-refractivity contribution in [3.63, 3.8) is 0 Å². The third-order valence-electron chi connectivity index (χ3n) is 10.7. The molecule has 0 aromatic heterocycles. The van der Waals surface area contributed by atoms with Gasteiger partial charge in [0.25, 0.3) is 0 Å². The van der Waals surface area contributed by atoms with Crippen LogP contribution in [-0.4, -0.2) is 9.02 Å². The molecule has 4 rings (SSSR count). The molecule has 3 heteroatoms. The molecule has 4 saturated carbocycles. The average Bonchev–Trinajstić information content (AvgIpc) is 2.99. The van der Waals surface area contributed by atoms with Crippen LogP contribution in [0.15, 0.2) is 0 Å². The van der Waals surface area contributed by atoms with Crippen molar-refractivity contribution in [1.29, 1.82) is 0 Å². The predicted molar refractivity (Wildman–Crippen MR) is 134 cm³/mol. The number of hydrogen-bond donors (Lipinski definition) is 0. The number of fused-ring (bicyclic) bond motifs is 5. The number of ketones is 1. The van der Waals surface area contributed by atoms with Gasteiger partial charge in [-0.05, 0) is 97.2 Å². The zero-order valence-electron chi connectivity index (χ0n) is 20.0. The summed E-state index contributed by atoms with van der Waals surface area (Å²) in [7, 11) is 0. The van der Waals surface area contributed by atoms with Gasteiger partial charge in [-0.15, -0.1) is 0 Å². The van der Waals surface area contributed by atoms with Crippen LogP contribution in [0.25, 0.3) is 0 Å². The number of rotatable bonds is 5. The standard InChI is InChI=1S/C27H44Br2O/c1-17(2)7-6-8-18(3)21-11-12-22-20-10-9-19-15-24(30)27(28,29)16-26(19,5)23(20)13-14-25(21,22)4/h17-23H,6-16H2,1-5H3/t18-,19+,20+,21+,22-,23+,25-,26+/m1/s1. The predicted octanol–water partition coefficient (Wildman–Crippen LogP) is 8.77. The van der Waals surface area contributed by atoms with Gasteiger partial charge in [-0.1, -0.05) is 85.7 Å². The molecule has 172 valence electrons. The van der Waals surface area contributed by atoms with E-state index in [-0.39, 0.29) is 0 Å². The Hall–Kier alpha value is 0.630. The Morgan fingerprint density at radius 2 is 1.63 bits per heavy atom. The molecule has 0 bridgehead atoms. The van der Waals surface area contributed by atoms with E-state index in [0.29, 0.717) is 22.5 Å². The molecule has 1 nitrogen and oxygen atoms in total. The normalized spacial score (nSPS) is 46.3. The molecule has 0 amide bonds. The lowest BCUT2D eigenvalue weighted by Crippen LogP contribution is -2.57. The highest BCUT2D eigenvalue weighted by atomic mass is 79.9. The van der Waals surface area contributed by atoms with E-state index < -0.39 is 3.23 Å². The number of Topliss-reactive ketones (excluding diaryl/α,β-unsaturated/α-hetero) is 1. The maximum atomic E-state index is 12.7. The third kappa shape index (κ3) is 3.92. The Balaban J connectivity index is 1.50. The van der Waals surface area contributed by atoms with E-state index in [1.807, 2.05) is 0 Å². The summed E-state index contributed by atoms with van der Waals surface area (Å²) in [5.41, 5.74) is 0.873. The molecule has 0 unspecified atom stereocenters. The number of alkyl halides is 2. The maximum absolute atomic E-state index is 12.7. The highest BCUT2D eigenvalue weighted by molar-refractivity contribution is 9.25. The molecule has 4 aliphatic rings. The van der Waals surface area contributed by atoms with E-state index >= 15 is 0 Å². The second-order valence-corrected chi connectivity index (χ2v) is 16.5. The van der Waals surface area contributed by atoms with Crippen LogP contribution in [0.5, 0.6) is 0 Å². The quantitative estimate of drug-likeness (QED) is 0.316. The Bertz CT molecular complexity index is 657. The van der Waals surface area contributed by atoms with Crippen molar-refractivity contribution in [1.82, 2.24) is 0 Å². The monoisotopic (exact) mass is 542 g/mol. The SMILES string of the molecule is CC(C)CCC[C@@H](C)[C@@H]1CC[C@@H]2[C@@H]3CC[C@H]4CC(=O)C(Br)(Br)C[C@]4(C)[C@H]3CC[C@@]21C. The van der Waals surface area contributed by atoms with E-state index in [9.17, 15) is 4.79 Å². The molecule has 0 heterocycles. The van der Waals surface area contributed by atoms with Gasteiger partial charge in [0, 0.05) is 6.42 Å². The number of hydrogen-bond acceptors (Lipinski definition) is 1. The van der Waals surface area contributed by atoms with Crippen molar-refractivity contribution in [2.45, 2.75) is 108 Å². The van der Waals surface area contributed by atoms with Gasteiger partial charge in [-0.3, -0.25) is 4.79 Å². The lowest BCUT2D eigenvalue weighted by atomic mass is 9.44. The van der Waals surface area contributed by atoms with E-state index in [4.69, 9.17) is 0 Å². The number of halogens is 2. The van der Waals surface area contributed by atoms with Gasteiger partial charge in [0.15, 0.2) is 5.78 Å². The Morgan fingerprint density at radius 3 is 2.33 bits per heavy atom. The van der Waals surface area contributed by atoms with Crippen LogP contribution in [-0.2, 0) is 4.79 Å². The fraction of sp³-hybridized carbons (Fsp3) is 0.963. The van der Waals surface area contributed by atoms with Gasteiger partial charge in [0.1, 0.15) is 3.23 Å². The minimum atomic E-state index is -0.475. The van der Waals surface area contributed by atoms with Gasteiger partial charge in [-0.2, -0.15) is 0 Å². The highest BCUT2D eigenvalue weighted by Crippen LogP contribution is 2.69. The second-order valence-electron chi connectivity index (χ2n) is 12.7. The zero-order chi connectivity index (χ0) is 21.9. The van der Waals surface area contributed by atoms with Crippen molar-refractivity contribution >= 4 is 37.6 Å². The first kappa shape index (κ1) is 23.8. The Labute approximate surface area is 202 Å². The molecule has 0 saturated heterocycles. The Morgan fingerprint density at radius 1 is 0.933 bits per heavy atom. The van der Waals surface area contributed by atoms with E-state index in [1.54, 1.807) is 0 Å². The fourth-order valence-corrected chi connectivity index (χ4v) is 10.7. The fourth-order valence-electron chi connectivity index (χ4n) is 9.12. The highest BCUT2D eigenvalue weighted by Gasteiger charge is 2.63. The van der Waals surface area contributed by atoms with Gasteiger partial charge in [-0.25, -0.2) is 0 Å². The Kier molecular flexibility index (Phi) is 6.69. The first-order valence-corrected chi connectivity index (χ1v) is 14.5. The van der Waals surface area contributed by atoms with Crippen molar-refractivity contribution < 1.29 is 4.79 Å². The third-order valence-corrected chi connectivity index (χ3v) is 12.2. The first-order chi connectivity index (χ1) is 14.0. The molecular weight excluding hydrogens is 500 g/mol. The lowest BCUT2D eigenvalue weighted by Gasteiger charge is -2.61. The molecule has 30 heavy (non-hydrogen) atoms. The summed E-state index contributed by atoms with van der Waals surface area (Å²) in [5.74, 6) is 6.26. The van der Waals surface area contributed by atoms with Crippen LogP contribution >= 0.6 is 31.9 Å². The van der Waals surface area contributed by atoms with Crippen molar-refractivity contribution in [3.8, 4) is 0 Å². The van der Waals surface area contributed by atoms with E-state index in [0.717, 1.165) is 48.3 Å². The van der Waals surface area contributed by atoms with Crippen LogP contribution in [0, 0.1) is 52.3 Å². The van der Waals surface area contributed by atoms with Gasteiger partial charge >= 0.3 is 0 Å². The van der Waals surface area contributed by atoms with Crippen LogP contribution in [0.2, 0.25) is 0 Å². The van der Waals surface area contributed by atoms with Crippen LogP contribution in [0.3, 0.4) is 0 Å². The van der Waals surface area contributed by atoms with Crippen LogP contribution in [0.1, 0.15) is 105 Å². The molecule has 0 N–H and O–H groups in total. The molecule has 4 aliphatic carbocycles. The summed E-state index contributed by atoms with van der Waals surface area (Å²) in [6.45, 7) is 12.5. The molecule has 0 aromatic carbocycles. The van der Waals surface area contributed by atoms with Gasteiger partial charge in [0.05, 0.1) is 0 Å². The summed E-state index contributed by atoms with van der Waals surface area (Å²) in [6.07, 6.45) is 14.4. The van der Waals surface area contributed by atoms with Crippen molar-refractivity contribution in [2.24, 2.45) is 52.3 Å². The lowest BCUT2D eigenvalue weighted by molar-refractivity contribution is -0.140. The summed E-state index contributed by atoms with van der Waals surface area (Å²) in [6, 6.07) is 0. The zero-order valence-corrected chi connectivity index (χ0v) is 23.2. The molecule has 8 atom stereocenters. The van der Waals surface area contributed by atoms with E-state index in [2.05, 4.69) is 66.5 Å². The van der Waals surface area contributed by atoms with Gasteiger partial charge in [0.2, 0.25) is 0 Å². The first-order valence-electron chi connectivity index (χ1n) is 12.9. The largest absolute Gasteiger partial charge is 0.297 e. The second kappa shape index (κ2) is 8.44. The topological polar surface area (TPSA) is 17.1 Å². The van der Waals surface area contributed by atoms with Crippen molar-refractivity contribution in [3.05, 3.63) is 0 Å². The summed E-state index contributed by atoms with van der Waals surface area (Å²) in [5, 5.41) is 0. The van der Waals surface area contributed by atoms with Crippen LogP contribution < -0.4 is 0 Å². The molecule has 0 spiro atoms. The number of carbonyl (C=O) groups is 1. The smallest absolute Gasteiger partial charge is 0.160 e. The summed E-state index contributed by atoms with van der Waals surface area (Å²) < 4.78 is -0.475. The molecule has 4 fully saturated rings. The molecule has 0 aliphatic heterocycles. The molecule has 0 aromatic rings. The van der Waals surface area contributed by atoms with E-state index in [1.165, 1.54) is 57.8 Å². The molecular formula is C27H44Br2O. The van der Waals surface area contributed by atoms with Crippen LogP contribution in [0.4, 0.5) is 0 Å². The maximum Gasteiger partial charge on any atom is 0.160 e. The molecule has 0 radical (unpaired) electrons. The van der Waals surface area contributed by atoms with Gasteiger partial charge < -0.3 is 0 Å². The summed E-state index contributed by atoms with van der Waals surface area (Å²) in [4.78, 5) is 12.7.